The molecule has 2 N–H and O–H groups in total. The molecule has 1 aromatic rings. The first-order chi connectivity index (χ1) is 4.97. The Morgan fingerprint density at radius 1 is 1.70 bits per heavy atom. The third kappa shape index (κ3) is 0.829. The van der Waals surface area contributed by atoms with Gasteiger partial charge in [0, 0.05) is 5.59 Å². The second kappa shape index (κ2) is 2.24. The van der Waals surface area contributed by atoms with E-state index < -0.39 is 0 Å². The van der Waals surface area contributed by atoms with Crippen LogP contribution in [-0.4, -0.2) is 5.10 Å². The minimum absolute atomic E-state index is 0.787. The Morgan fingerprint density at radius 2 is 2.70 bits per heavy atom. The smallest absolute Gasteiger partial charge is 0.370 e. The van der Waals surface area contributed by atoms with E-state index in [1.54, 1.807) is 16.5 Å². The fourth-order valence-corrected chi connectivity index (χ4v) is 1.14. The summed E-state index contributed by atoms with van der Waals surface area (Å²) in [5.74, 6) is 0.787. The largest absolute Gasteiger partial charge is 0.370 e. The van der Waals surface area contributed by atoms with E-state index in [9.17, 15) is 0 Å². The molecular formula is C4H5N4OS+. The number of nitrogens with zero attached hydrogens (tertiary/aromatic N) is 2. The van der Waals surface area contributed by atoms with Crippen molar-refractivity contribution >= 4 is 17.4 Å². The van der Waals surface area contributed by atoms with Crippen LogP contribution in [0.4, 0.5) is 0 Å². The molecule has 0 unspecified atom stereocenters. The molecule has 0 saturated heterocycles. The first kappa shape index (κ1) is 5.63. The zero-order valence-corrected chi connectivity index (χ0v) is 5.76. The highest BCUT2D eigenvalue weighted by atomic mass is 32.1. The van der Waals surface area contributed by atoms with Crippen LogP contribution >= 0.6 is 11.5 Å². The predicted octanol–water partition coefficient (Wildman–Crippen LogP) is -0.774. The highest BCUT2D eigenvalue weighted by Crippen LogP contribution is 1.94. The quantitative estimate of drug-likeness (QED) is 0.525. The van der Waals surface area contributed by atoms with Crippen LogP contribution in [0.25, 0.3) is 5.82 Å². The molecule has 5 nitrogen and oxygen atoms in total. The zero-order valence-electron chi connectivity index (χ0n) is 4.94. The van der Waals surface area contributed by atoms with Crippen LogP contribution in [0, 0.1) is 0 Å². The lowest BCUT2D eigenvalue weighted by atomic mass is 10.8. The van der Waals surface area contributed by atoms with Crippen molar-refractivity contribution in [3.05, 3.63) is 17.8 Å². The number of hydrogen-bond acceptors (Lipinski definition) is 5. The molecule has 0 aliphatic carbocycles. The molecule has 1 aliphatic heterocycles. The van der Waals surface area contributed by atoms with E-state index in [-0.39, 0.29) is 0 Å². The monoisotopic (exact) mass is 157 g/mol. The fraction of sp³-hybridized carbons (Fsp3) is 0. The zero-order chi connectivity index (χ0) is 6.81. The summed E-state index contributed by atoms with van der Waals surface area (Å²) in [6.07, 6.45) is 3.26. The van der Waals surface area contributed by atoms with E-state index in [1.165, 1.54) is 11.5 Å². The average molecular weight is 157 g/mol. The molecule has 10 heavy (non-hydrogen) atoms. The van der Waals surface area contributed by atoms with Gasteiger partial charge in [-0.15, -0.1) is 0 Å². The predicted molar refractivity (Wildman–Crippen MR) is 33.9 cm³/mol. The minimum atomic E-state index is 0.787. The van der Waals surface area contributed by atoms with Crippen molar-refractivity contribution in [1.29, 1.82) is 0 Å². The van der Waals surface area contributed by atoms with Crippen LogP contribution in [0.2, 0.25) is 0 Å². The maximum absolute atomic E-state index is 4.70. The lowest BCUT2D eigenvalue weighted by Crippen LogP contribution is -2.39. The van der Waals surface area contributed by atoms with Gasteiger partial charge in [0.05, 0.1) is 23.1 Å². The molecular weight excluding hydrogens is 152 g/mol. The fourth-order valence-electron chi connectivity index (χ4n) is 0.608. The van der Waals surface area contributed by atoms with E-state index in [1.807, 2.05) is 5.38 Å². The number of nitrogens with one attached hydrogen (secondary N) is 2. The molecule has 0 aromatic carbocycles. The molecule has 0 spiro atoms. The first-order valence-electron chi connectivity index (χ1n) is 2.66. The van der Waals surface area contributed by atoms with Gasteiger partial charge in [-0.3, -0.25) is 0 Å². The Kier molecular flexibility index (Phi) is 1.26. The summed E-state index contributed by atoms with van der Waals surface area (Å²) in [6.45, 7) is 0. The summed E-state index contributed by atoms with van der Waals surface area (Å²) in [5, 5.41) is 5.86. The molecule has 0 radical (unpaired) electrons. The topological polar surface area (TPSA) is 50.1 Å². The minimum Gasteiger partial charge on any atom is -0.370 e. The Morgan fingerprint density at radius 3 is 3.30 bits per heavy atom. The SMILES string of the molecule is C1=C([n+]2nccs2)NNO1. The van der Waals surface area contributed by atoms with Gasteiger partial charge in [0.25, 0.3) is 0 Å². The summed E-state index contributed by atoms with van der Waals surface area (Å²) in [5.41, 5.74) is 5.22. The standard InChI is InChI=1S/C4H4N4OS/c1-2-10-8(5-1)4-3-9-7-6-4/h1-3,5H/p+1. The Bertz CT molecular complexity index is 244. The molecule has 0 bridgehead atoms. The van der Waals surface area contributed by atoms with Crippen LogP contribution in [0.1, 0.15) is 0 Å². The van der Waals surface area contributed by atoms with Crippen LogP contribution in [0.15, 0.2) is 17.8 Å². The van der Waals surface area contributed by atoms with Gasteiger partial charge in [-0.1, -0.05) is 5.10 Å². The molecule has 0 fully saturated rings. The number of rotatable bonds is 1. The van der Waals surface area contributed by atoms with Gasteiger partial charge in [-0.2, -0.15) is 5.43 Å². The third-order valence-electron chi connectivity index (χ3n) is 1.01. The molecule has 2 heterocycles. The second-order valence-electron chi connectivity index (χ2n) is 1.63. The molecule has 0 amide bonds. The van der Waals surface area contributed by atoms with Crippen LogP contribution in [0.3, 0.4) is 0 Å². The molecule has 1 aliphatic rings. The Labute approximate surface area is 61.0 Å². The van der Waals surface area contributed by atoms with Crippen molar-refractivity contribution in [3.63, 3.8) is 0 Å². The van der Waals surface area contributed by atoms with E-state index in [0.717, 1.165) is 5.82 Å². The highest BCUT2D eigenvalue weighted by Gasteiger charge is 2.16. The second-order valence-corrected chi connectivity index (χ2v) is 2.46. The van der Waals surface area contributed by atoms with E-state index in [4.69, 9.17) is 4.84 Å². The van der Waals surface area contributed by atoms with E-state index in [2.05, 4.69) is 16.1 Å². The summed E-state index contributed by atoms with van der Waals surface area (Å²) in [6, 6.07) is 0. The normalized spacial score (nSPS) is 15.8. The van der Waals surface area contributed by atoms with Crippen molar-refractivity contribution in [1.82, 2.24) is 16.1 Å². The molecule has 6 heteroatoms. The van der Waals surface area contributed by atoms with Crippen molar-refractivity contribution in [2.24, 2.45) is 0 Å². The van der Waals surface area contributed by atoms with E-state index >= 15 is 0 Å². The maximum atomic E-state index is 4.70. The highest BCUT2D eigenvalue weighted by molar-refractivity contribution is 6.99. The van der Waals surface area contributed by atoms with Gasteiger partial charge in [-0.25, -0.2) is 0 Å². The molecule has 52 valence electrons. The van der Waals surface area contributed by atoms with Crippen molar-refractivity contribution in [2.45, 2.75) is 0 Å². The van der Waals surface area contributed by atoms with Crippen molar-refractivity contribution in [2.75, 3.05) is 0 Å². The van der Waals surface area contributed by atoms with Gasteiger partial charge in [0.2, 0.25) is 6.26 Å². The lowest BCUT2D eigenvalue weighted by molar-refractivity contribution is -0.577. The van der Waals surface area contributed by atoms with Crippen molar-refractivity contribution in [3.8, 4) is 0 Å². The number of hydrogen-bond donors (Lipinski definition) is 2. The van der Waals surface area contributed by atoms with Gasteiger partial charge in [0.1, 0.15) is 0 Å². The Balaban J connectivity index is 2.28. The van der Waals surface area contributed by atoms with Crippen LogP contribution < -0.4 is 15.1 Å². The van der Waals surface area contributed by atoms with Gasteiger partial charge < -0.3 is 4.84 Å². The average Bonchev–Trinajstić information content (AvgIpc) is 2.59. The summed E-state index contributed by atoms with van der Waals surface area (Å²) < 4.78 is 1.69. The van der Waals surface area contributed by atoms with Crippen molar-refractivity contribution < 1.29 is 8.91 Å². The van der Waals surface area contributed by atoms with Crippen LogP contribution in [-0.2, 0) is 4.84 Å². The van der Waals surface area contributed by atoms with Gasteiger partial charge in [0.15, 0.2) is 0 Å². The van der Waals surface area contributed by atoms with E-state index in [0.29, 0.717) is 0 Å². The first-order valence-corrected chi connectivity index (χ1v) is 3.50. The summed E-state index contributed by atoms with van der Waals surface area (Å²) >= 11 is 1.47. The third-order valence-corrected chi connectivity index (χ3v) is 1.74. The molecule has 2 rings (SSSR count). The number of aromatic nitrogens is 2. The lowest BCUT2D eigenvalue weighted by Gasteiger charge is -1.85. The molecule has 1 aromatic heterocycles. The molecule has 0 saturated carbocycles. The van der Waals surface area contributed by atoms with Gasteiger partial charge >= 0.3 is 5.82 Å². The number of hydrazine groups is 1. The maximum Gasteiger partial charge on any atom is 0.370 e. The summed E-state index contributed by atoms with van der Waals surface area (Å²) in [7, 11) is 0. The summed E-state index contributed by atoms with van der Waals surface area (Å²) in [4.78, 5) is 4.70. The Hall–Kier alpha value is -1.14. The molecule has 0 atom stereocenters. The van der Waals surface area contributed by atoms with Gasteiger partial charge in [-0.05, 0) is 4.07 Å². The van der Waals surface area contributed by atoms with Crippen LogP contribution in [0.5, 0.6) is 0 Å².